The average Bonchev–Trinajstić information content (AvgIpc) is 3.32. The molecule has 0 radical (unpaired) electrons. The number of carboxylic acid groups (broad SMARTS) is 1. The summed E-state index contributed by atoms with van der Waals surface area (Å²) < 4.78 is 2.23. The molecule has 3 rings (SSSR count). The van der Waals surface area contributed by atoms with E-state index in [0.717, 1.165) is 36.9 Å². The highest BCUT2D eigenvalue weighted by molar-refractivity contribution is 5.75. The highest BCUT2D eigenvalue weighted by Crippen LogP contribution is 2.40. The number of imidazole rings is 1. The number of allylic oxidation sites excluding steroid dienone is 1. The zero-order valence-corrected chi connectivity index (χ0v) is 24.0. The quantitative estimate of drug-likeness (QED) is 0.254. The summed E-state index contributed by atoms with van der Waals surface area (Å²) in [7, 11) is 0. The van der Waals surface area contributed by atoms with E-state index in [2.05, 4.69) is 52.7 Å². The minimum Gasteiger partial charge on any atom is -0.481 e. The zero-order valence-electron chi connectivity index (χ0n) is 24.0. The maximum Gasteiger partial charge on any atom is 0.309 e. The minimum atomic E-state index is -0.954. The number of benzene rings is 1. The first-order valence-corrected chi connectivity index (χ1v) is 14.1. The lowest BCUT2D eigenvalue weighted by molar-refractivity contribution is -0.148. The van der Waals surface area contributed by atoms with E-state index in [0.29, 0.717) is 31.6 Å². The summed E-state index contributed by atoms with van der Waals surface area (Å²) in [6.07, 6.45) is 10.7. The topological polar surface area (TPSA) is 114 Å². The van der Waals surface area contributed by atoms with Gasteiger partial charge in [-0.3, -0.25) is 9.69 Å². The van der Waals surface area contributed by atoms with Crippen LogP contribution >= 0.6 is 0 Å². The summed E-state index contributed by atoms with van der Waals surface area (Å²) in [6, 6.07) is 6.37. The molecular weight excluding hydrogens is 476 g/mol. The van der Waals surface area contributed by atoms with Crippen molar-refractivity contribution >= 4 is 5.97 Å². The lowest BCUT2D eigenvalue weighted by atomic mass is 9.72. The number of likely N-dealkylation sites (tertiary alicyclic amines) is 1. The predicted molar refractivity (Wildman–Crippen MR) is 153 cm³/mol. The van der Waals surface area contributed by atoms with E-state index >= 15 is 0 Å². The first-order chi connectivity index (χ1) is 18.0. The van der Waals surface area contributed by atoms with Gasteiger partial charge in [0.1, 0.15) is 5.82 Å². The molecule has 1 fully saturated rings. The number of nitrogens with two attached hydrogens (primary N) is 2. The molecule has 0 spiro atoms. The Kier molecular flexibility index (Phi) is 10.4. The molecule has 2 aromatic rings. The van der Waals surface area contributed by atoms with Gasteiger partial charge in [-0.25, -0.2) is 10.8 Å². The van der Waals surface area contributed by atoms with E-state index in [9.17, 15) is 9.90 Å². The Hall–Kier alpha value is -2.84. The third-order valence-corrected chi connectivity index (χ3v) is 8.41. The molecule has 210 valence electrons. The molecule has 8 heteroatoms. The molecule has 0 bridgehead atoms. The van der Waals surface area contributed by atoms with Crippen molar-refractivity contribution in [3.8, 4) is 0 Å². The first-order valence-electron chi connectivity index (χ1n) is 14.1. The lowest BCUT2D eigenvalue weighted by Gasteiger charge is -2.32. The Balaban J connectivity index is 1.81. The normalized spacial score (nSPS) is 16.5. The fourth-order valence-corrected chi connectivity index (χ4v) is 5.42. The van der Waals surface area contributed by atoms with Crippen LogP contribution in [0.3, 0.4) is 0 Å². The summed E-state index contributed by atoms with van der Waals surface area (Å²) in [6.45, 7) is 14.4. The smallest absolute Gasteiger partial charge is 0.309 e. The summed E-state index contributed by atoms with van der Waals surface area (Å²) in [5.41, 5.74) is 9.31. The molecule has 1 atom stereocenters. The molecule has 0 saturated carbocycles. The van der Waals surface area contributed by atoms with Crippen molar-refractivity contribution in [1.29, 1.82) is 0 Å². The van der Waals surface area contributed by atoms with Crippen molar-refractivity contribution in [2.45, 2.75) is 85.7 Å². The first kappa shape index (κ1) is 29.7. The molecule has 0 aliphatic carbocycles. The van der Waals surface area contributed by atoms with Crippen molar-refractivity contribution in [1.82, 2.24) is 19.5 Å². The van der Waals surface area contributed by atoms with E-state index in [1.807, 2.05) is 13.1 Å². The van der Waals surface area contributed by atoms with Gasteiger partial charge in [0, 0.05) is 37.4 Å². The van der Waals surface area contributed by atoms with Gasteiger partial charge >= 0.3 is 5.97 Å². The number of hydrazine groups is 1. The maximum absolute atomic E-state index is 12.3. The standard InChI is InChI=1S/C30H48N6O2/c1-6-23-12-15-34(16-13-23)21-28-33-14-17-35(28)19-25-18-24(9-8-22(25)3)27(30(4,5)29(37)38)11-10-26(31)20-36(32)7-2/h8-9,14,17-18,20,23,27H,6-7,10-13,15-16,19,21,31-32H2,1-5H3,(H,37,38)/b26-20-. The van der Waals surface area contributed by atoms with E-state index < -0.39 is 11.4 Å². The van der Waals surface area contributed by atoms with Gasteiger partial charge in [0.15, 0.2) is 0 Å². The zero-order chi connectivity index (χ0) is 27.9. The van der Waals surface area contributed by atoms with Crippen LogP contribution in [0, 0.1) is 18.3 Å². The van der Waals surface area contributed by atoms with Gasteiger partial charge in [0.2, 0.25) is 0 Å². The fraction of sp³-hybridized carbons (Fsp3) is 0.600. The molecule has 8 nitrogen and oxygen atoms in total. The van der Waals surface area contributed by atoms with Crippen LogP contribution in [0.1, 0.15) is 88.2 Å². The van der Waals surface area contributed by atoms with Gasteiger partial charge in [-0.15, -0.1) is 0 Å². The average molecular weight is 525 g/mol. The van der Waals surface area contributed by atoms with Crippen molar-refractivity contribution in [3.05, 3.63) is 65.0 Å². The second-order valence-corrected chi connectivity index (χ2v) is 11.4. The number of nitrogens with zero attached hydrogens (tertiary/aromatic N) is 4. The second kappa shape index (κ2) is 13.3. The number of carbonyl (C=O) groups is 1. The summed E-state index contributed by atoms with van der Waals surface area (Å²) >= 11 is 0. The van der Waals surface area contributed by atoms with Gasteiger partial charge in [-0.2, -0.15) is 0 Å². The number of aliphatic carboxylic acids is 1. The van der Waals surface area contributed by atoms with E-state index in [4.69, 9.17) is 11.6 Å². The largest absolute Gasteiger partial charge is 0.481 e. The highest BCUT2D eigenvalue weighted by Gasteiger charge is 2.37. The maximum atomic E-state index is 12.3. The molecule has 5 N–H and O–H groups in total. The van der Waals surface area contributed by atoms with Gasteiger partial charge in [0.05, 0.1) is 12.0 Å². The molecule has 1 aliphatic heterocycles. The van der Waals surface area contributed by atoms with Crippen molar-refractivity contribution in [2.75, 3.05) is 19.6 Å². The Morgan fingerprint density at radius 2 is 1.97 bits per heavy atom. The second-order valence-electron chi connectivity index (χ2n) is 11.4. The number of rotatable bonds is 13. The lowest BCUT2D eigenvalue weighted by Crippen LogP contribution is -2.34. The van der Waals surface area contributed by atoms with Crippen molar-refractivity contribution in [2.24, 2.45) is 22.9 Å². The Labute approximate surface area is 228 Å². The molecular formula is C30H48N6O2. The molecule has 1 unspecified atom stereocenters. The van der Waals surface area contributed by atoms with Crippen LogP contribution in [0.15, 0.2) is 42.5 Å². The Morgan fingerprint density at radius 3 is 2.61 bits per heavy atom. The predicted octanol–water partition coefficient (Wildman–Crippen LogP) is 4.83. The highest BCUT2D eigenvalue weighted by atomic mass is 16.4. The summed E-state index contributed by atoms with van der Waals surface area (Å²) in [5.74, 6) is 6.79. The Morgan fingerprint density at radius 1 is 1.26 bits per heavy atom. The van der Waals surface area contributed by atoms with Crippen LogP contribution in [-0.2, 0) is 17.9 Å². The number of piperidine rings is 1. The molecule has 0 amide bonds. The third-order valence-electron chi connectivity index (χ3n) is 8.41. The van der Waals surface area contributed by atoms with Crippen molar-refractivity contribution in [3.63, 3.8) is 0 Å². The van der Waals surface area contributed by atoms with Crippen LogP contribution in [0.25, 0.3) is 0 Å². The fourth-order valence-electron chi connectivity index (χ4n) is 5.42. The van der Waals surface area contributed by atoms with Crippen LogP contribution < -0.4 is 11.6 Å². The summed E-state index contributed by atoms with van der Waals surface area (Å²) in [4.78, 5) is 19.5. The van der Waals surface area contributed by atoms with Gasteiger partial charge in [-0.05, 0) is 95.0 Å². The van der Waals surface area contributed by atoms with Gasteiger partial charge < -0.3 is 20.4 Å². The van der Waals surface area contributed by atoms with E-state index in [-0.39, 0.29) is 5.92 Å². The number of hydrogen-bond donors (Lipinski definition) is 3. The van der Waals surface area contributed by atoms with E-state index in [1.54, 1.807) is 25.1 Å². The number of hydrogen-bond acceptors (Lipinski definition) is 6. The van der Waals surface area contributed by atoms with Crippen LogP contribution in [-0.4, -0.2) is 50.2 Å². The number of aryl methyl sites for hydroxylation is 1. The number of aromatic nitrogens is 2. The van der Waals surface area contributed by atoms with Crippen LogP contribution in [0.2, 0.25) is 0 Å². The molecule has 1 aromatic carbocycles. The molecule has 1 aromatic heterocycles. The molecule has 2 heterocycles. The van der Waals surface area contributed by atoms with Crippen LogP contribution in [0.4, 0.5) is 0 Å². The van der Waals surface area contributed by atoms with Crippen LogP contribution in [0.5, 0.6) is 0 Å². The Bertz CT molecular complexity index is 1080. The van der Waals surface area contributed by atoms with E-state index in [1.165, 1.54) is 30.4 Å². The summed E-state index contributed by atoms with van der Waals surface area (Å²) in [5, 5.41) is 11.6. The van der Waals surface area contributed by atoms with Gasteiger partial charge in [0.25, 0.3) is 0 Å². The SMILES string of the molecule is CCC1CCN(Cc2nccn2Cc2cc(C(CC/C(N)=C/N(N)CC)C(C)(C)C(=O)O)ccc2C)CC1. The monoisotopic (exact) mass is 524 g/mol. The van der Waals surface area contributed by atoms with Gasteiger partial charge in [-0.1, -0.05) is 31.5 Å². The molecule has 38 heavy (non-hydrogen) atoms. The minimum absolute atomic E-state index is 0.207. The third kappa shape index (κ3) is 7.60. The number of carboxylic acids is 1. The van der Waals surface area contributed by atoms with Crippen molar-refractivity contribution < 1.29 is 9.90 Å². The molecule has 1 saturated heterocycles. The molecule has 1 aliphatic rings.